The molecule has 2 unspecified atom stereocenters. The van der Waals surface area contributed by atoms with Gasteiger partial charge < -0.3 is 49.1 Å². The van der Waals surface area contributed by atoms with E-state index in [0.717, 1.165) is 63.9 Å². The molecule has 686 valence electrons. The molecule has 11 amide bonds. The number of hydrogen-bond acceptors (Lipinski definition) is 27. The highest BCUT2D eigenvalue weighted by Gasteiger charge is 2.56. The summed E-state index contributed by atoms with van der Waals surface area (Å²) >= 11 is 25.8. The number of halogens is 2. The van der Waals surface area contributed by atoms with E-state index in [1.54, 1.807) is 31.0 Å². The molecular formula is C84H139Cl2N7O21S6. The van der Waals surface area contributed by atoms with Gasteiger partial charge in [-0.05, 0) is 169 Å². The number of carbonyl (C=O) groups excluding carboxylic acids is 13. The van der Waals surface area contributed by atoms with Crippen LogP contribution >= 0.6 is 98.1 Å². The Morgan fingerprint density at radius 3 is 0.967 bits per heavy atom. The molecule has 2 atom stereocenters. The van der Waals surface area contributed by atoms with Crippen LogP contribution in [0.5, 0.6) is 0 Å². The monoisotopic (exact) mass is 1840 g/mol. The minimum absolute atomic E-state index is 0. The van der Waals surface area contributed by atoms with Crippen LogP contribution in [0.3, 0.4) is 0 Å². The molecule has 28 nitrogen and oxygen atoms in total. The summed E-state index contributed by atoms with van der Waals surface area (Å²) in [5.41, 5.74) is 4.95. The van der Waals surface area contributed by atoms with Crippen molar-refractivity contribution in [1.29, 1.82) is 0 Å². The standard InChI is InChI=1S/C25H34N2O8S.C23H36N2O5S2.C15H18N2O8.C10H16S.C2H7NS.4C2H6.CH2Cl2.H2S/c28-20-1-2-21(29)27(20)35-23(31)3-5-33-7-8-34-6-4-26-22(30)12-19(24(26)32)36-25-13-16-9-17(14-25)11-18(10-16)15-25;26-20(24-2-8-31)1-4-29-6-7-30-5-3-25-21(27)12-19(22(25)28)32-23-13-16-9-17(14-23)11-18(10-16)15-23;18-11-1-2-12(19)16(11)6-8-24-10-9-23-7-5-15(22)25-17-13(20)3-4-14(17)21;11-10-4-7-1-8(5-10)3-9(2-7)6-10;3-1-2-4;4*1-2;2-1-3;/h16-19H,1-15H2;16-19,31H,1-15H2,(H,24,26);1-2H,3-10H2;7-9,11H,1-6H2;4H,1-3H2;4*1-2H3;1H2;1H2. The Morgan fingerprint density at radius 1 is 0.425 bits per heavy atom. The van der Waals surface area contributed by atoms with Crippen molar-refractivity contribution >= 4 is 175 Å². The number of nitrogens with two attached hydrogens (primary N) is 1. The Bertz CT molecular complexity index is 3120. The molecule has 0 aromatic heterocycles. The summed E-state index contributed by atoms with van der Waals surface area (Å²) in [5, 5.41) is 3.45. The molecule has 3 N–H and O–H groups in total. The number of likely N-dealkylation sites (tertiary alicyclic amines) is 2. The minimum atomic E-state index is -0.733. The Kier molecular flexibility index (Phi) is 52.4. The lowest BCUT2D eigenvalue weighted by Crippen LogP contribution is -2.49. The Hall–Kier alpha value is -3.75. The SMILES string of the molecule is CC.CC.CC.CC.ClCCl.NCCS.O=C(CCOCCOCCN1C(=O)C=CC1=O)ON1C(=O)CCC1=O.O=C(CCOCCOCCN1C(=O)CC(SC23CC4CC(CC(C4)C2)C3)C1=O)NCCS.O=C(CCOCCOCCN1C(=O)CC(SC23CC4CC(CC(C4)C2)C3)C1=O)ON1C(=O)CCC1=O.S.SC12CC3CC(CC(C3)C1)C2. The van der Waals surface area contributed by atoms with Gasteiger partial charge in [0, 0.05) is 95.9 Å². The van der Waals surface area contributed by atoms with Crippen molar-refractivity contribution in [1.82, 2.24) is 30.1 Å². The van der Waals surface area contributed by atoms with E-state index in [0.29, 0.717) is 86.0 Å². The fourth-order valence-corrected chi connectivity index (χ4v) is 24.4. The van der Waals surface area contributed by atoms with Crippen molar-refractivity contribution in [3.63, 3.8) is 0 Å². The van der Waals surface area contributed by atoms with Gasteiger partial charge in [0.05, 0.1) is 128 Å². The van der Waals surface area contributed by atoms with Crippen LogP contribution in [0, 0.1) is 53.3 Å². The molecule has 36 heteroatoms. The number of carbonyl (C=O) groups is 13. The van der Waals surface area contributed by atoms with Gasteiger partial charge in [0.1, 0.15) is 0 Å². The van der Waals surface area contributed by atoms with E-state index in [1.807, 2.05) is 67.2 Å². The third-order valence-electron chi connectivity index (χ3n) is 22.9. The van der Waals surface area contributed by atoms with Crippen molar-refractivity contribution in [2.45, 2.75) is 253 Å². The quantitative estimate of drug-likeness (QED) is 0.0168. The molecule has 5 aliphatic heterocycles. The zero-order valence-corrected chi connectivity index (χ0v) is 78.9. The van der Waals surface area contributed by atoms with E-state index in [9.17, 15) is 62.3 Å². The summed E-state index contributed by atoms with van der Waals surface area (Å²) in [4.78, 5) is 167. The molecular weight excluding hydrogens is 1710 g/mol. The highest BCUT2D eigenvalue weighted by molar-refractivity contribution is 8.02. The molecule has 16 fully saturated rings. The lowest BCUT2D eigenvalue weighted by atomic mass is 9.56. The predicted molar refractivity (Wildman–Crippen MR) is 478 cm³/mol. The number of imide groups is 5. The van der Waals surface area contributed by atoms with Crippen LogP contribution in [0.15, 0.2) is 12.2 Å². The molecule has 0 spiro atoms. The molecule has 120 heavy (non-hydrogen) atoms. The first-order chi connectivity index (χ1) is 57.3. The lowest BCUT2D eigenvalue weighted by molar-refractivity contribution is -0.198. The van der Waals surface area contributed by atoms with Gasteiger partial charge in [-0.25, -0.2) is 9.59 Å². The van der Waals surface area contributed by atoms with Gasteiger partial charge in [0.25, 0.3) is 35.4 Å². The number of thiol groups is 3. The molecule has 12 saturated carbocycles. The summed E-state index contributed by atoms with van der Waals surface area (Å²) in [6.07, 6.45) is 27.8. The predicted octanol–water partition coefficient (Wildman–Crippen LogP) is 11.5. The van der Waals surface area contributed by atoms with Crippen LogP contribution in [-0.2, 0) is 100 Å². The molecule has 0 aromatic carbocycles. The Balaban J connectivity index is 0.000000331. The van der Waals surface area contributed by atoms with Gasteiger partial charge in [0.2, 0.25) is 29.5 Å². The second-order valence-corrected chi connectivity index (χ2v) is 37.6. The van der Waals surface area contributed by atoms with Crippen molar-refractivity contribution < 1.29 is 100 Å². The summed E-state index contributed by atoms with van der Waals surface area (Å²) < 4.78 is 33.1. The van der Waals surface area contributed by atoms with Crippen LogP contribution in [0.25, 0.3) is 0 Å². The zero-order valence-electron chi connectivity index (χ0n) is 72.0. The highest BCUT2D eigenvalue weighted by Crippen LogP contribution is 2.64. The van der Waals surface area contributed by atoms with Crippen molar-refractivity contribution in [3.05, 3.63) is 12.2 Å². The van der Waals surface area contributed by atoms with Crippen molar-refractivity contribution in [2.75, 3.05) is 129 Å². The minimum Gasteiger partial charge on any atom is -0.379 e. The molecule has 17 aliphatic rings. The number of thioether (sulfide) groups is 2. The maximum Gasteiger partial charge on any atom is 0.335 e. The number of ether oxygens (including phenoxy) is 6. The zero-order chi connectivity index (χ0) is 87.7. The first-order valence-electron chi connectivity index (χ1n) is 43.5. The average molecular weight is 1850 g/mol. The normalized spacial score (nSPS) is 28.6. The molecule has 12 aliphatic carbocycles. The maximum atomic E-state index is 13.0. The van der Waals surface area contributed by atoms with E-state index >= 15 is 0 Å². The van der Waals surface area contributed by atoms with Gasteiger partial charge in [-0.2, -0.15) is 51.4 Å². The van der Waals surface area contributed by atoms with Gasteiger partial charge in [-0.1, -0.05) is 55.4 Å². The highest BCUT2D eigenvalue weighted by atomic mass is 35.5. The number of rotatable bonds is 36. The van der Waals surface area contributed by atoms with E-state index in [4.69, 9.17) is 74.8 Å². The smallest absolute Gasteiger partial charge is 0.335 e. The summed E-state index contributed by atoms with van der Waals surface area (Å²) in [6.45, 7) is 20.8. The summed E-state index contributed by atoms with van der Waals surface area (Å²) in [5.74, 6) is 4.97. The van der Waals surface area contributed by atoms with E-state index in [-0.39, 0.29) is 185 Å². The second-order valence-electron chi connectivity index (χ2n) is 31.6. The van der Waals surface area contributed by atoms with E-state index in [1.165, 1.54) is 118 Å². The van der Waals surface area contributed by atoms with E-state index in [2.05, 4.69) is 35.4 Å². The first-order valence-corrected chi connectivity index (χ1v) is 48.1. The van der Waals surface area contributed by atoms with Crippen molar-refractivity contribution in [2.24, 2.45) is 59.0 Å². The molecule has 4 saturated heterocycles. The third-order valence-corrected chi connectivity index (χ3v) is 27.2. The number of amides is 11. The van der Waals surface area contributed by atoms with Gasteiger partial charge in [0.15, 0.2) is 0 Å². The molecule has 5 heterocycles. The number of alkyl halides is 2. The Morgan fingerprint density at radius 2 is 0.692 bits per heavy atom. The number of nitrogens with zero attached hydrogens (tertiary/aromatic N) is 5. The number of hydrogen-bond donors (Lipinski definition) is 5. The fourth-order valence-electron chi connectivity index (χ4n) is 19.4. The van der Waals surface area contributed by atoms with Gasteiger partial charge in [-0.3, -0.25) is 67.4 Å². The summed E-state index contributed by atoms with van der Waals surface area (Å²) in [6, 6.07) is 0. The maximum absolute atomic E-state index is 13.0. The van der Waals surface area contributed by atoms with Crippen LogP contribution in [0.1, 0.15) is 229 Å². The topological polar surface area (TPSA) is 350 Å². The first kappa shape index (κ1) is 109. The molecule has 12 bridgehead atoms. The number of nitrogens with one attached hydrogen (secondary N) is 1. The Labute approximate surface area is 753 Å². The molecule has 0 radical (unpaired) electrons. The summed E-state index contributed by atoms with van der Waals surface area (Å²) in [7, 11) is 0. The van der Waals surface area contributed by atoms with E-state index < -0.39 is 35.6 Å². The molecule has 0 aromatic rings. The van der Waals surface area contributed by atoms with Crippen LogP contribution < -0.4 is 11.1 Å². The average Bonchev–Trinajstić information content (AvgIpc) is 1.52. The van der Waals surface area contributed by atoms with Gasteiger partial charge >= 0.3 is 11.9 Å². The largest absolute Gasteiger partial charge is 0.379 e. The van der Waals surface area contributed by atoms with Crippen LogP contribution in [-0.4, -0.2) is 255 Å². The third kappa shape index (κ3) is 35.1. The lowest BCUT2D eigenvalue weighted by Gasteiger charge is -2.56. The van der Waals surface area contributed by atoms with Crippen LogP contribution in [0.4, 0.5) is 0 Å². The molecule has 17 rings (SSSR count). The fraction of sp³-hybridized carbons (Fsp3) is 0.821. The van der Waals surface area contributed by atoms with Crippen molar-refractivity contribution in [3.8, 4) is 0 Å². The number of hydroxylamine groups is 4. The van der Waals surface area contributed by atoms with Gasteiger partial charge in [-0.15, -0.1) is 56.9 Å². The second kappa shape index (κ2) is 57.9. The van der Waals surface area contributed by atoms with Crippen LogP contribution in [0.2, 0.25) is 0 Å².